The molecule has 0 unspecified atom stereocenters. The van der Waals surface area contributed by atoms with Crippen molar-refractivity contribution in [2.75, 3.05) is 6.61 Å². The smallest absolute Gasteiger partial charge is 0.430 e. The second kappa shape index (κ2) is 4.26. The van der Waals surface area contributed by atoms with Crippen molar-refractivity contribution in [1.29, 1.82) is 0 Å². The van der Waals surface area contributed by atoms with Crippen molar-refractivity contribution < 1.29 is 15.0 Å². The molecule has 8 heavy (non-hydrogen) atoms. The Morgan fingerprint density at radius 1 is 1.75 bits per heavy atom. The van der Waals surface area contributed by atoms with Gasteiger partial charge in [0.15, 0.2) is 0 Å². The Morgan fingerprint density at radius 2 is 2.38 bits per heavy atom. The Kier molecular flexibility index (Phi) is 3.78. The van der Waals surface area contributed by atoms with Crippen molar-refractivity contribution in [3.63, 3.8) is 0 Å². The van der Waals surface area contributed by atoms with Crippen LogP contribution >= 0.6 is 0 Å². The van der Waals surface area contributed by atoms with Crippen LogP contribution in [0.4, 0.5) is 4.79 Å². The number of aliphatic hydroxyl groups is 1. The highest BCUT2D eigenvalue weighted by Gasteiger charge is 1.82. The van der Waals surface area contributed by atoms with Gasteiger partial charge in [0, 0.05) is 19.2 Å². The molecule has 0 aliphatic heterocycles. The number of aliphatic hydroxyl groups excluding tert-OH is 1. The summed E-state index contributed by atoms with van der Waals surface area (Å²) in [4.78, 5) is 12.5. The van der Waals surface area contributed by atoms with E-state index >= 15 is 0 Å². The van der Waals surface area contributed by atoms with Crippen molar-refractivity contribution in [3.05, 3.63) is 0 Å². The van der Waals surface area contributed by atoms with Crippen molar-refractivity contribution in [3.8, 4) is 0 Å². The SMILES string of the molecule is O=C(O)N=CCCO. The van der Waals surface area contributed by atoms with Gasteiger partial charge in [0.25, 0.3) is 0 Å². The molecule has 0 radical (unpaired) electrons. The zero-order valence-corrected chi connectivity index (χ0v) is 4.24. The third-order valence-electron chi connectivity index (χ3n) is 0.460. The van der Waals surface area contributed by atoms with Gasteiger partial charge in [-0.05, 0) is 0 Å². The standard InChI is InChI=1S/C4H7NO3/c6-3-1-2-5-4(7)8/h2,6H,1,3H2,(H,7,8). The molecule has 0 rings (SSSR count). The normalized spacial score (nSPS) is 10.1. The minimum Gasteiger partial charge on any atom is -0.463 e. The second-order valence-electron chi connectivity index (χ2n) is 1.11. The first kappa shape index (κ1) is 7.10. The van der Waals surface area contributed by atoms with Gasteiger partial charge in [-0.15, -0.1) is 0 Å². The molecule has 1 amide bonds. The lowest BCUT2D eigenvalue weighted by Crippen LogP contribution is -1.88. The monoisotopic (exact) mass is 117 g/mol. The molecule has 0 atom stereocenters. The summed E-state index contributed by atoms with van der Waals surface area (Å²) in [7, 11) is 0. The van der Waals surface area contributed by atoms with Gasteiger partial charge in [-0.25, -0.2) is 4.79 Å². The second-order valence-corrected chi connectivity index (χ2v) is 1.11. The molecule has 0 heterocycles. The van der Waals surface area contributed by atoms with E-state index in [0.717, 1.165) is 6.21 Å². The number of carboxylic acid groups (broad SMARTS) is 1. The summed E-state index contributed by atoms with van der Waals surface area (Å²) in [6.45, 7) is -0.0588. The molecule has 46 valence electrons. The van der Waals surface area contributed by atoms with E-state index in [1.165, 1.54) is 0 Å². The fraction of sp³-hybridized carbons (Fsp3) is 0.500. The number of aliphatic imine (C=N–C) groups is 1. The van der Waals surface area contributed by atoms with Crippen LogP contribution in [-0.2, 0) is 0 Å². The van der Waals surface area contributed by atoms with Gasteiger partial charge in [0.1, 0.15) is 0 Å². The van der Waals surface area contributed by atoms with Gasteiger partial charge in [-0.2, -0.15) is 4.99 Å². The Bertz CT molecular complexity index is 99.5. The summed E-state index contributed by atoms with van der Waals surface area (Å²) >= 11 is 0. The van der Waals surface area contributed by atoms with Crippen LogP contribution in [-0.4, -0.2) is 29.1 Å². The minimum atomic E-state index is -1.22. The average molecular weight is 117 g/mol. The molecule has 0 aliphatic carbocycles. The van der Waals surface area contributed by atoms with Crippen LogP contribution in [0, 0.1) is 0 Å². The zero-order valence-electron chi connectivity index (χ0n) is 4.24. The van der Waals surface area contributed by atoms with E-state index in [1.54, 1.807) is 0 Å². The maximum Gasteiger partial charge on any atom is 0.430 e. The van der Waals surface area contributed by atoms with Gasteiger partial charge in [0.05, 0.1) is 0 Å². The minimum absolute atomic E-state index is 0.0588. The summed E-state index contributed by atoms with van der Waals surface area (Å²) < 4.78 is 0. The van der Waals surface area contributed by atoms with E-state index in [0.29, 0.717) is 6.42 Å². The maximum absolute atomic E-state index is 9.59. The first-order chi connectivity index (χ1) is 3.77. The van der Waals surface area contributed by atoms with E-state index in [4.69, 9.17) is 10.2 Å². The van der Waals surface area contributed by atoms with Crippen LogP contribution in [0.25, 0.3) is 0 Å². The van der Waals surface area contributed by atoms with E-state index in [-0.39, 0.29) is 6.61 Å². The fourth-order valence-corrected chi connectivity index (χ4v) is 0.200. The molecule has 0 spiro atoms. The van der Waals surface area contributed by atoms with Crippen molar-refractivity contribution in [2.45, 2.75) is 6.42 Å². The molecule has 0 aromatic heterocycles. The summed E-state index contributed by atoms with van der Waals surface area (Å²) in [5, 5.41) is 16.0. The highest BCUT2D eigenvalue weighted by Crippen LogP contribution is 1.72. The van der Waals surface area contributed by atoms with Gasteiger partial charge >= 0.3 is 6.09 Å². The molecule has 4 nitrogen and oxygen atoms in total. The number of hydrogen-bond donors (Lipinski definition) is 2. The number of amides is 1. The molecular formula is C4H7NO3. The zero-order chi connectivity index (χ0) is 6.41. The molecule has 0 saturated carbocycles. The summed E-state index contributed by atoms with van der Waals surface area (Å²) in [6.07, 6.45) is 0.229. The largest absolute Gasteiger partial charge is 0.463 e. The highest BCUT2D eigenvalue weighted by atomic mass is 16.4. The van der Waals surface area contributed by atoms with Gasteiger partial charge in [-0.1, -0.05) is 0 Å². The summed E-state index contributed by atoms with van der Waals surface area (Å²) in [5.74, 6) is 0. The molecule has 0 fully saturated rings. The third-order valence-corrected chi connectivity index (χ3v) is 0.460. The lowest BCUT2D eigenvalue weighted by molar-refractivity contribution is 0.206. The number of hydrogen-bond acceptors (Lipinski definition) is 2. The predicted octanol–water partition coefficient (Wildman–Crippen LogP) is 0.118. The number of carbonyl (C=O) groups is 1. The Balaban J connectivity index is 3.20. The summed E-state index contributed by atoms with van der Waals surface area (Å²) in [6, 6.07) is 0. The molecule has 0 saturated heterocycles. The van der Waals surface area contributed by atoms with Crippen LogP contribution in [0.2, 0.25) is 0 Å². The van der Waals surface area contributed by atoms with E-state index in [9.17, 15) is 4.79 Å². The molecule has 0 aromatic carbocycles. The molecule has 0 aromatic rings. The number of nitrogens with zero attached hydrogens (tertiary/aromatic N) is 1. The van der Waals surface area contributed by atoms with Crippen molar-refractivity contribution in [1.82, 2.24) is 0 Å². The van der Waals surface area contributed by atoms with Crippen LogP contribution in [0.15, 0.2) is 4.99 Å². The fourth-order valence-electron chi connectivity index (χ4n) is 0.200. The third kappa shape index (κ3) is 5.10. The van der Waals surface area contributed by atoms with Gasteiger partial charge in [0.2, 0.25) is 0 Å². The molecule has 2 N–H and O–H groups in total. The van der Waals surface area contributed by atoms with Gasteiger partial charge < -0.3 is 10.2 Å². The quantitative estimate of drug-likeness (QED) is 0.504. The Hall–Kier alpha value is -0.900. The molecule has 4 heteroatoms. The molecule has 0 aliphatic rings. The lowest BCUT2D eigenvalue weighted by atomic mass is 10.5. The Labute approximate surface area is 46.5 Å². The molecular weight excluding hydrogens is 110 g/mol. The maximum atomic E-state index is 9.59. The van der Waals surface area contributed by atoms with Crippen molar-refractivity contribution in [2.24, 2.45) is 4.99 Å². The predicted molar refractivity (Wildman–Crippen MR) is 28.2 cm³/mol. The summed E-state index contributed by atoms with van der Waals surface area (Å²) in [5.41, 5.74) is 0. The van der Waals surface area contributed by atoms with Crippen LogP contribution in [0.3, 0.4) is 0 Å². The van der Waals surface area contributed by atoms with Crippen LogP contribution < -0.4 is 0 Å². The average Bonchev–Trinajstić information content (AvgIpc) is 1.66. The van der Waals surface area contributed by atoms with Gasteiger partial charge in [-0.3, -0.25) is 0 Å². The number of rotatable bonds is 2. The topological polar surface area (TPSA) is 69.9 Å². The first-order valence-electron chi connectivity index (χ1n) is 2.13. The van der Waals surface area contributed by atoms with E-state index < -0.39 is 6.09 Å². The van der Waals surface area contributed by atoms with E-state index in [1.807, 2.05) is 0 Å². The molecule has 0 bridgehead atoms. The highest BCUT2D eigenvalue weighted by molar-refractivity contribution is 5.77. The van der Waals surface area contributed by atoms with Crippen LogP contribution in [0.5, 0.6) is 0 Å². The van der Waals surface area contributed by atoms with Crippen LogP contribution in [0.1, 0.15) is 6.42 Å². The first-order valence-corrected chi connectivity index (χ1v) is 2.13. The Morgan fingerprint density at radius 3 is 2.75 bits per heavy atom. The van der Waals surface area contributed by atoms with E-state index in [2.05, 4.69) is 4.99 Å². The van der Waals surface area contributed by atoms with Crippen molar-refractivity contribution >= 4 is 12.3 Å². The lowest BCUT2D eigenvalue weighted by Gasteiger charge is -1.79.